The first-order valence-corrected chi connectivity index (χ1v) is 6.76. The fraction of sp³-hybridized carbons (Fsp3) is 0.500. The van der Waals surface area contributed by atoms with Gasteiger partial charge in [-0.1, -0.05) is 22.9 Å². The third-order valence-electron chi connectivity index (χ3n) is 3.71. The van der Waals surface area contributed by atoms with Crippen LogP contribution in [-0.2, 0) is 11.2 Å². The number of rotatable bonds is 3. The molecule has 0 aliphatic heterocycles. The van der Waals surface area contributed by atoms with Gasteiger partial charge < -0.3 is 4.74 Å². The summed E-state index contributed by atoms with van der Waals surface area (Å²) >= 11 is 3.56. The van der Waals surface area contributed by atoms with E-state index in [-0.39, 0.29) is 5.92 Å². The fourth-order valence-corrected chi connectivity index (χ4v) is 2.87. The summed E-state index contributed by atoms with van der Waals surface area (Å²) in [6.45, 7) is 2.05. The summed E-state index contributed by atoms with van der Waals surface area (Å²) in [4.78, 5) is 11.5. The molecule has 0 saturated heterocycles. The van der Waals surface area contributed by atoms with Crippen molar-refractivity contribution in [3.05, 3.63) is 28.2 Å². The largest absolute Gasteiger partial charge is 0.497 e. The average molecular weight is 297 g/mol. The van der Waals surface area contributed by atoms with Gasteiger partial charge in [0.05, 0.1) is 7.11 Å². The van der Waals surface area contributed by atoms with Crippen molar-refractivity contribution in [1.82, 2.24) is 0 Å². The van der Waals surface area contributed by atoms with Gasteiger partial charge in [0.15, 0.2) is 0 Å². The van der Waals surface area contributed by atoms with Crippen molar-refractivity contribution in [2.24, 2.45) is 11.8 Å². The summed E-state index contributed by atoms with van der Waals surface area (Å²) in [5, 5.41) is 0. The molecule has 1 aromatic carbocycles. The molecule has 0 N–H and O–H groups in total. The van der Waals surface area contributed by atoms with Gasteiger partial charge >= 0.3 is 0 Å². The van der Waals surface area contributed by atoms with E-state index >= 15 is 0 Å². The van der Waals surface area contributed by atoms with Gasteiger partial charge in [-0.15, -0.1) is 0 Å². The van der Waals surface area contributed by atoms with E-state index in [1.54, 1.807) is 7.11 Å². The molecule has 92 valence electrons. The van der Waals surface area contributed by atoms with Gasteiger partial charge in [0, 0.05) is 16.8 Å². The highest BCUT2D eigenvalue weighted by atomic mass is 79.9. The van der Waals surface area contributed by atoms with Gasteiger partial charge in [-0.3, -0.25) is 4.79 Å². The number of methoxy groups -OCH3 is 1. The summed E-state index contributed by atoms with van der Waals surface area (Å²) in [5.74, 6) is 1.97. The minimum atomic E-state index is 0.202. The molecule has 0 amide bonds. The highest BCUT2D eigenvalue weighted by Crippen LogP contribution is 2.34. The Morgan fingerprint density at radius 3 is 2.82 bits per heavy atom. The molecule has 1 aliphatic carbocycles. The molecular weight excluding hydrogens is 280 g/mol. The molecule has 3 heteroatoms. The number of benzene rings is 1. The van der Waals surface area contributed by atoms with E-state index < -0.39 is 0 Å². The third-order valence-corrected chi connectivity index (χ3v) is 4.49. The average Bonchev–Trinajstić information content (AvgIpc) is 2.64. The highest BCUT2D eigenvalue weighted by Gasteiger charge is 2.31. The van der Waals surface area contributed by atoms with Crippen molar-refractivity contribution in [3.8, 4) is 5.75 Å². The Balaban J connectivity index is 2.15. The fourth-order valence-electron chi connectivity index (χ4n) is 2.46. The van der Waals surface area contributed by atoms with Crippen molar-refractivity contribution in [2.45, 2.75) is 26.2 Å². The first-order valence-electron chi connectivity index (χ1n) is 5.97. The third kappa shape index (κ3) is 2.71. The number of hydrogen-bond acceptors (Lipinski definition) is 2. The van der Waals surface area contributed by atoms with Crippen LogP contribution >= 0.6 is 15.9 Å². The van der Waals surface area contributed by atoms with Crippen LogP contribution in [0.5, 0.6) is 5.75 Å². The predicted molar refractivity (Wildman–Crippen MR) is 71.3 cm³/mol. The number of hydrogen-bond donors (Lipinski definition) is 0. The zero-order valence-electron chi connectivity index (χ0n) is 10.2. The maximum atomic E-state index is 11.5. The SMILES string of the molecule is COc1ccc(Br)c(CC2CCC(=O)C2C)c1. The normalized spacial score (nSPS) is 24.1. The first-order chi connectivity index (χ1) is 8.11. The molecule has 0 heterocycles. The van der Waals surface area contributed by atoms with Gasteiger partial charge in [0.1, 0.15) is 11.5 Å². The van der Waals surface area contributed by atoms with Crippen LogP contribution in [0.2, 0.25) is 0 Å². The Hall–Kier alpha value is -0.830. The molecule has 1 fully saturated rings. The summed E-state index contributed by atoms with van der Waals surface area (Å²) in [7, 11) is 1.68. The molecule has 2 nitrogen and oxygen atoms in total. The van der Waals surface area contributed by atoms with Gasteiger partial charge in [0.25, 0.3) is 0 Å². The number of halogens is 1. The van der Waals surface area contributed by atoms with E-state index in [1.807, 2.05) is 19.1 Å². The minimum Gasteiger partial charge on any atom is -0.497 e. The van der Waals surface area contributed by atoms with E-state index in [1.165, 1.54) is 5.56 Å². The Morgan fingerprint density at radius 1 is 1.47 bits per heavy atom. The molecular formula is C14H17BrO2. The summed E-state index contributed by atoms with van der Waals surface area (Å²) in [6, 6.07) is 6.01. The molecule has 17 heavy (non-hydrogen) atoms. The molecule has 0 spiro atoms. The molecule has 0 radical (unpaired) electrons. The highest BCUT2D eigenvalue weighted by molar-refractivity contribution is 9.10. The lowest BCUT2D eigenvalue weighted by Gasteiger charge is -2.15. The number of carbonyl (C=O) groups is 1. The first kappa shape index (κ1) is 12.6. The van der Waals surface area contributed by atoms with E-state index in [2.05, 4.69) is 22.0 Å². The van der Waals surface area contributed by atoms with E-state index in [9.17, 15) is 4.79 Å². The molecule has 1 saturated carbocycles. The van der Waals surface area contributed by atoms with E-state index in [4.69, 9.17) is 4.74 Å². The lowest BCUT2D eigenvalue weighted by atomic mass is 9.90. The standard InChI is InChI=1S/C14H17BrO2/c1-9-10(3-6-14(9)16)7-11-8-12(17-2)4-5-13(11)15/h4-5,8-10H,3,6-7H2,1-2H3. The minimum absolute atomic E-state index is 0.202. The second-order valence-corrected chi connectivity index (χ2v) is 5.57. The van der Waals surface area contributed by atoms with Gasteiger partial charge in [-0.2, -0.15) is 0 Å². The molecule has 1 aromatic rings. The van der Waals surface area contributed by atoms with Crippen LogP contribution in [0.1, 0.15) is 25.3 Å². The van der Waals surface area contributed by atoms with Crippen LogP contribution in [-0.4, -0.2) is 12.9 Å². The van der Waals surface area contributed by atoms with Crippen LogP contribution in [0.25, 0.3) is 0 Å². The Labute approximate surface area is 110 Å². The van der Waals surface area contributed by atoms with Crippen LogP contribution in [0.15, 0.2) is 22.7 Å². The van der Waals surface area contributed by atoms with Crippen molar-refractivity contribution in [1.29, 1.82) is 0 Å². The molecule has 2 unspecified atom stereocenters. The van der Waals surface area contributed by atoms with Crippen molar-refractivity contribution < 1.29 is 9.53 Å². The van der Waals surface area contributed by atoms with Crippen LogP contribution in [0, 0.1) is 11.8 Å². The van der Waals surface area contributed by atoms with E-state index in [0.717, 1.165) is 29.5 Å². The maximum absolute atomic E-state index is 11.5. The number of Topliss-reactive ketones (excluding diaryl/α,β-unsaturated/α-hetero) is 1. The number of ketones is 1. The molecule has 0 bridgehead atoms. The second kappa shape index (κ2) is 5.21. The summed E-state index contributed by atoms with van der Waals surface area (Å²) in [6.07, 6.45) is 2.71. The zero-order chi connectivity index (χ0) is 12.4. The number of ether oxygens (including phenoxy) is 1. The summed E-state index contributed by atoms with van der Waals surface area (Å²) < 4.78 is 6.34. The lowest BCUT2D eigenvalue weighted by molar-refractivity contribution is -0.120. The Morgan fingerprint density at radius 2 is 2.24 bits per heavy atom. The van der Waals surface area contributed by atoms with Crippen molar-refractivity contribution >= 4 is 21.7 Å². The summed E-state index contributed by atoms with van der Waals surface area (Å²) in [5.41, 5.74) is 1.23. The Kier molecular flexibility index (Phi) is 3.87. The van der Waals surface area contributed by atoms with Crippen LogP contribution in [0.3, 0.4) is 0 Å². The second-order valence-electron chi connectivity index (χ2n) is 4.72. The van der Waals surface area contributed by atoms with Gasteiger partial charge in [-0.25, -0.2) is 0 Å². The van der Waals surface area contributed by atoms with Crippen LogP contribution < -0.4 is 4.74 Å². The Bertz CT molecular complexity index is 428. The molecule has 2 rings (SSSR count). The number of carbonyl (C=O) groups excluding carboxylic acids is 1. The van der Waals surface area contributed by atoms with Crippen molar-refractivity contribution in [3.63, 3.8) is 0 Å². The van der Waals surface area contributed by atoms with E-state index in [0.29, 0.717) is 11.7 Å². The predicted octanol–water partition coefficient (Wildman–Crippen LogP) is 3.62. The molecule has 0 aromatic heterocycles. The maximum Gasteiger partial charge on any atom is 0.135 e. The van der Waals surface area contributed by atoms with Gasteiger partial charge in [-0.05, 0) is 42.5 Å². The molecule has 1 aliphatic rings. The zero-order valence-corrected chi connectivity index (χ0v) is 11.8. The monoisotopic (exact) mass is 296 g/mol. The quantitative estimate of drug-likeness (QED) is 0.852. The molecule has 2 atom stereocenters. The lowest BCUT2D eigenvalue weighted by Crippen LogP contribution is -2.13. The topological polar surface area (TPSA) is 26.3 Å². The van der Waals surface area contributed by atoms with Crippen molar-refractivity contribution in [2.75, 3.05) is 7.11 Å². The smallest absolute Gasteiger partial charge is 0.135 e. The van der Waals surface area contributed by atoms with Crippen LogP contribution in [0.4, 0.5) is 0 Å². The van der Waals surface area contributed by atoms with Gasteiger partial charge in [0.2, 0.25) is 0 Å².